The molecule has 110 valence electrons. The molecule has 0 fully saturated rings. The molecule has 2 amide bonds. The van der Waals surface area contributed by atoms with Crippen molar-refractivity contribution in [2.24, 2.45) is 0 Å². The predicted octanol–water partition coefficient (Wildman–Crippen LogP) is 2.52. The maximum Gasteiger partial charge on any atom is 0.261 e. The second-order valence-corrected chi connectivity index (χ2v) is 5.50. The first-order valence-corrected chi connectivity index (χ1v) is 7.35. The zero-order valence-corrected chi connectivity index (χ0v) is 12.4. The number of aromatic hydroxyl groups is 1. The Morgan fingerprint density at radius 3 is 2.76 bits per heavy atom. The zero-order valence-electron chi connectivity index (χ0n) is 11.6. The molecule has 0 aliphatic heterocycles. The van der Waals surface area contributed by atoms with Crippen molar-refractivity contribution in [3.63, 3.8) is 0 Å². The van der Waals surface area contributed by atoms with Crippen LogP contribution in [-0.2, 0) is 4.79 Å². The first-order valence-electron chi connectivity index (χ1n) is 6.47. The highest BCUT2D eigenvalue weighted by atomic mass is 32.1. The minimum absolute atomic E-state index is 0.0333. The van der Waals surface area contributed by atoms with Crippen LogP contribution in [0.3, 0.4) is 0 Å². The van der Waals surface area contributed by atoms with Gasteiger partial charge in [-0.3, -0.25) is 9.59 Å². The summed E-state index contributed by atoms with van der Waals surface area (Å²) in [5.74, 6) is -0.414. The Balaban J connectivity index is 1.78. The van der Waals surface area contributed by atoms with E-state index >= 15 is 0 Å². The van der Waals surface area contributed by atoms with Crippen molar-refractivity contribution in [1.82, 2.24) is 5.32 Å². The van der Waals surface area contributed by atoms with Crippen molar-refractivity contribution in [3.05, 3.63) is 46.2 Å². The van der Waals surface area contributed by atoms with E-state index in [1.54, 1.807) is 30.3 Å². The number of aryl methyl sites for hydroxylation is 1. The Kier molecular flexibility index (Phi) is 4.94. The number of amides is 2. The lowest BCUT2D eigenvalue weighted by molar-refractivity contribution is -0.116. The summed E-state index contributed by atoms with van der Waals surface area (Å²) >= 11 is 1.35. The molecule has 2 aromatic rings. The zero-order chi connectivity index (χ0) is 15.2. The largest absolute Gasteiger partial charge is 0.506 e. The summed E-state index contributed by atoms with van der Waals surface area (Å²) in [5.41, 5.74) is 1.28. The number of carbonyl (C=O) groups is 2. The minimum atomic E-state index is -0.263. The van der Waals surface area contributed by atoms with Gasteiger partial charge in [0.2, 0.25) is 5.91 Å². The third-order valence-corrected chi connectivity index (χ3v) is 3.68. The van der Waals surface area contributed by atoms with Crippen LogP contribution < -0.4 is 10.6 Å². The predicted molar refractivity (Wildman–Crippen MR) is 82.7 cm³/mol. The van der Waals surface area contributed by atoms with E-state index in [0.29, 0.717) is 10.6 Å². The Morgan fingerprint density at radius 2 is 2.10 bits per heavy atom. The monoisotopic (exact) mass is 304 g/mol. The van der Waals surface area contributed by atoms with Crippen LogP contribution in [0, 0.1) is 6.92 Å². The molecule has 5 nitrogen and oxygen atoms in total. The Hall–Kier alpha value is -2.34. The van der Waals surface area contributed by atoms with Crippen LogP contribution in [0.4, 0.5) is 5.69 Å². The Labute approximate surface area is 126 Å². The van der Waals surface area contributed by atoms with Crippen LogP contribution in [0.2, 0.25) is 0 Å². The number of carbonyl (C=O) groups excluding carboxylic acids is 2. The number of rotatable bonds is 5. The van der Waals surface area contributed by atoms with E-state index < -0.39 is 0 Å². The lowest BCUT2D eigenvalue weighted by atomic mass is 10.2. The van der Waals surface area contributed by atoms with E-state index in [2.05, 4.69) is 10.6 Å². The molecule has 3 N–H and O–H groups in total. The molecule has 6 heteroatoms. The number of phenolic OH excluding ortho intramolecular Hbond substituents is 1. The molecular weight excluding hydrogens is 288 g/mol. The summed E-state index contributed by atoms with van der Waals surface area (Å²) in [4.78, 5) is 24.0. The summed E-state index contributed by atoms with van der Waals surface area (Å²) in [6, 6.07) is 8.55. The SMILES string of the molecule is Cc1ccc(NC(=O)CCNC(=O)c2cccs2)c(O)c1. The van der Waals surface area contributed by atoms with Gasteiger partial charge in [-0.2, -0.15) is 0 Å². The highest BCUT2D eigenvalue weighted by Crippen LogP contribution is 2.23. The molecule has 2 rings (SSSR count). The van der Waals surface area contributed by atoms with Gasteiger partial charge in [0, 0.05) is 13.0 Å². The molecule has 0 aliphatic carbocycles. The molecule has 0 unspecified atom stereocenters. The van der Waals surface area contributed by atoms with Gasteiger partial charge in [-0.15, -0.1) is 11.3 Å². The van der Waals surface area contributed by atoms with Crippen molar-refractivity contribution in [2.45, 2.75) is 13.3 Å². The van der Waals surface area contributed by atoms with Crippen LogP contribution in [0.5, 0.6) is 5.75 Å². The lowest BCUT2D eigenvalue weighted by Crippen LogP contribution is -2.27. The van der Waals surface area contributed by atoms with Gasteiger partial charge in [0.25, 0.3) is 5.91 Å². The van der Waals surface area contributed by atoms with Gasteiger partial charge in [-0.05, 0) is 36.1 Å². The van der Waals surface area contributed by atoms with E-state index in [4.69, 9.17) is 0 Å². The third kappa shape index (κ3) is 4.32. The van der Waals surface area contributed by atoms with E-state index in [9.17, 15) is 14.7 Å². The van der Waals surface area contributed by atoms with Gasteiger partial charge in [0.05, 0.1) is 10.6 Å². The molecule has 0 bridgehead atoms. The first kappa shape index (κ1) is 15.1. The molecule has 0 radical (unpaired) electrons. The Bertz CT molecular complexity index is 638. The van der Waals surface area contributed by atoms with Crippen molar-refractivity contribution in [2.75, 3.05) is 11.9 Å². The van der Waals surface area contributed by atoms with Crippen LogP contribution in [-0.4, -0.2) is 23.5 Å². The fourth-order valence-corrected chi connectivity index (χ4v) is 2.38. The summed E-state index contributed by atoms with van der Waals surface area (Å²) in [5, 5.41) is 16.8. The average molecular weight is 304 g/mol. The Morgan fingerprint density at radius 1 is 1.29 bits per heavy atom. The maximum atomic E-state index is 11.7. The second kappa shape index (κ2) is 6.90. The molecule has 0 saturated heterocycles. The van der Waals surface area contributed by atoms with Gasteiger partial charge >= 0.3 is 0 Å². The summed E-state index contributed by atoms with van der Waals surface area (Å²) in [7, 11) is 0. The number of hydrogen-bond donors (Lipinski definition) is 3. The van der Waals surface area contributed by atoms with Gasteiger partial charge in [0.15, 0.2) is 0 Å². The summed E-state index contributed by atoms with van der Waals surface area (Å²) < 4.78 is 0. The third-order valence-electron chi connectivity index (χ3n) is 2.81. The molecule has 0 atom stereocenters. The fraction of sp³-hybridized carbons (Fsp3) is 0.200. The molecule has 0 aliphatic rings. The molecule has 21 heavy (non-hydrogen) atoms. The molecule has 0 spiro atoms. The maximum absolute atomic E-state index is 11.7. The van der Waals surface area contributed by atoms with Crippen LogP contribution in [0.25, 0.3) is 0 Å². The van der Waals surface area contributed by atoms with E-state index in [1.165, 1.54) is 11.3 Å². The van der Waals surface area contributed by atoms with Crippen LogP contribution >= 0.6 is 11.3 Å². The summed E-state index contributed by atoms with van der Waals surface area (Å²) in [6.45, 7) is 2.10. The van der Waals surface area contributed by atoms with Crippen molar-refractivity contribution < 1.29 is 14.7 Å². The van der Waals surface area contributed by atoms with Gasteiger partial charge in [-0.25, -0.2) is 0 Å². The van der Waals surface area contributed by atoms with Gasteiger partial charge in [0.1, 0.15) is 5.75 Å². The van der Waals surface area contributed by atoms with Crippen LogP contribution in [0.1, 0.15) is 21.7 Å². The number of hydrogen-bond acceptors (Lipinski definition) is 4. The molecular formula is C15H16N2O3S. The quantitative estimate of drug-likeness (QED) is 0.743. The van der Waals surface area contributed by atoms with E-state index in [0.717, 1.165) is 5.56 Å². The van der Waals surface area contributed by atoms with Gasteiger partial charge < -0.3 is 15.7 Å². The standard InChI is InChI=1S/C15H16N2O3S/c1-10-4-5-11(12(18)9-10)17-14(19)6-7-16-15(20)13-3-2-8-21-13/h2-5,8-9,18H,6-7H2,1H3,(H,16,20)(H,17,19). The van der Waals surface area contributed by atoms with Crippen molar-refractivity contribution >= 4 is 28.8 Å². The molecule has 0 saturated carbocycles. The normalized spacial score (nSPS) is 10.1. The minimum Gasteiger partial charge on any atom is -0.506 e. The number of anilines is 1. The number of thiophene rings is 1. The smallest absolute Gasteiger partial charge is 0.261 e. The number of nitrogens with one attached hydrogen (secondary N) is 2. The number of benzene rings is 1. The first-order chi connectivity index (χ1) is 10.1. The van der Waals surface area contributed by atoms with Crippen LogP contribution in [0.15, 0.2) is 35.7 Å². The van der Waals surface area contributed by atoms with Crippen molar-refractivity contribution in [3.8, 4) is 5.75 Å². The summed E-state index contributed by atoms with van der Waals surface area (Å²) in [6.07, 6.45) is 0.143. The molecule has 1 aromatic heterocycles. The van der Waals surface area contributed by atoms with E-state index in [1.807, 2.05) is 12.3 Å². The highest BCUT2D eigenvalue weighted by molar-refractivity contribution is 7.12. The lowest BCUT2D eigenvalue weighted by Gasteiger charge is -2.08. The second-order valence-electron chi connectivity index (χ2n) is 4.55. The highest BCUT2D eigenvalue weighted by Gasteiger charge is 2.09. The molecule has 1 aromatic carbocycles. The van der Waals surface area contributed by atoms with E-state index in [-0.39, 0.29) is 30.5 Å². The van der Waals surface area contributed by atoms with Crippen molar-refractivity contribution in [1.29, 1.82) is 0 Å². The fourth-order valence-electron chi connectivity index (χ4n) is 1.74. The molecule has 1 heterocycles. The number of phenols is 1. The van der Waals surface area contributed by atoms with Gasteiger partial charge in [-0.1, -0.05) is 12.1 Å². The topological polar surface area (TPSA) is 78.4 Å². The average Bonchev–Trinajstić information content (AvgIpc) is 2.96.